The summed E-state index contributed by atoms with van der Waals surface area (Å²) >= 11 is 0. The van der Waals surface area contributed by atoms with Crippen LogP contribution in [-0.2, 0) is 0 Å². The Hall–Kier alpha value is -2.09. The summed E-state index contributed by atoms with van der Waals surface area (Å²) in [5, 5.41) is 22.7. The molecule has 17 heavy (non-hydrogen) atoms. The van der Waals surface area contributed by atoms with Crippen LogP contribution in [0.1, 0.15) is 25.3 Å². The molecule has 1 fully saturated rings. The number of nitriles is 1. The number of nitro groups is 1. The molecule has 0 unspecified atom stereocenters. The number of hydrogen-bond donors (Lipinski definition) is 1. The Morgan fingerprint density at radius 3 is 2.82 bits per heavy atom. The molecule has 88 valence electrons. The monoisotopic (exact) mass is 231 g/mol. The van der Waals surface area contributed by atoms with E-state index in [1.165, 1.54) is 6.07 Å². The summed E-state index contributed by atoms with van der Waals surface area (Å²) in [6.07, 6.45) is 2.31. The fraction of sp³-hybridized carbons (Fsp3) is 0.417. The highest BCUT2D eigenvalue weighted by molar-refractivity contribution is 5.64. The molecule has 0 aromatic heterocycles. The Bertz CT molecular complexity index is 501. The lowest BCUT2D eigenvalue weighted by atomic mass is 10.1. The summed E-state index contributed by atoms with van der Waals surface area (Å²) in [6.45, 7) is 2.88. The van der Waals surface area contributed by atoms with E-state index in [1.807, 2.05) is 6.07 Å². The van der Waals surface area contributed by atoms with E-state index in [9.17, 15) is 10.1 Å². The van der Waals surface area contributed by atoms with Crippen molar-refractivity contribution < 1.29 is 4.92 Å². The number of nitrogens with zero attached hydrogens (tertiary/aromatic N) is 2. The van der Waals surface area contributed by atoms with Gasteiger partial charge in [-0.2, -0.15) is 5.26 Å². The van der Waals surface area contributed by atoms with E-state index in [-0.39, 0.29) is 11.1 Å². The van der Waals surface area contributed by atoms with E-state index in [2.05, 4.69) is 12.2 Å². The van der Waals surface area contributed by atoms with E-state index >= 15 is 0 Å². The van der Waals surface area contributed by atoms with Gasteiger partial charge < -0.3 is 5.32 Å². The predicted molar refractivity (Wildman–Crippen MR) is 63.6 cm³/mol. The number of rotatable bonds is 4. The Kier molecular flexibility index (Phi) is 2.72. The summed E-state index contributed by atoms with van der Waals surface area (Å²) in [6, 6.07) is 6.39. The van der Waals surface area contributed by atoms with Crippen LogP contribution in [0, 0.1) is 26.9 Å². The van der Waals surface area contributed by atoms with Crippen molar-refractivity contribution in [2.75, 3.05) is 11.9 Å². The van der Waals surface area contributed by atoms with Gasteiger partial charge >= 0.3 is 0 Å². The molecule has 2 rings (SSSR count). The lowest BCUT2D eigenvalue weighted by molar-refractivity contribution is -0.384. The minimum atomic E-state index is -0.460. The number of nitro benzene ring substituents is 1. The van der Waals surface area contributed by atoms with Gasteiger partial charge in [0.25, 0.3) is 5.69 Å². The zero-order valence-electron chi connectivity index (χ0n) is 9.56. The number of nitrogens with one attached hydrogen (secondary N) is 1. The fourth-order valence-corrected chi connectivity index (χ4v) is 1.60. The van der Waals surface area contributed by atoms with Crippen LogP contribution in [0.15, 0.2) is 18.2 Å². The molecule has 1 aromatic carbocycles. The van der Waals surface area contributed by atoms with Gasteiger partial charge in [0.05, 0.1) is 16.6 Å². The van der Waals surface area contributed by atoms with Crippen LogP contribution >= 0.6 is 0 Å². The molecule has 0 atom stereocenters. The summed E-state index contributed by atoms with van der Waals surface area (Å²) in [4.78, 5) is 10.4. The summed E-state index contributed by atoms with van der Waals surface area (Å²) in [5.41, 5.74) is 1.04. The Morgan fingerprint density at radius 1 is 1.59 bits per heavy atom. The molecule has 1 aliphatic rings. The average molecular weight is 231 g/mol. The molecule has 5 heteroatoms. The van der Waals surface area contributed by atoms with Gasteiger partial charge in [-0.15, -0.1) is 0 Å². The van der Waals surface area contributed by atoms with Crippen molar-refractivity contribution in [3.05, 3.63) is 33.9 Å². The normalized spacial score (nSPS) is 16.0. The molecule has 0 saturated heterocycles. The Balaban J connectivity index is 2.20. The van der Waals surface area contributed by atoms with Gasteiger partial charge in [0.2, 0.25) is 0 Å². The maximum atomic E-state index is 10.9. The van der Waals surface area contributed by atoms with E-state index in [4.69, 9.17) is 5.26 Å². The first-order valence-corrected chi connectivity index (χ1v) is 5.46. The maximum Gasteiger partial charge on any atom is 0.293 e. The molecular formula is C12H13N3O2. The number of benzene rings is 1. The average Bonchev–Trinajstić information content (AvgIpc) is 3.05. The molecule has 1 aromatic rings. The quantitative estimate of drug-likeness (QED) is 0.638. The lowest BCUT2D eigenvalue weighted by Crippen LogP contribution is -2.12. The zero-order chi connectivity index (χ0) is 12.5. The van der Waals surface area contributed by atoms with Gasteiger partial charge in [0, 0.05) is 12.6 Å². The van der Waals surface area contributed by atoms with Crippen LogP contribution in [-0.4, -0.2) is 11.5 Å². The number of hydrogen-bond acceptors (Lipinski definition) is 4. The third-order valence-corrected chi connectivity index (χ3v) is 3.13. The largest absolute Gasteiger partial charge is 0.379 e. The van der Waals surface area contributed by atoms with Gasteiger partial charge in [0.15, 0.2) is 0 Å². The van der Waals surface area contributed by atoms with E-state index in [0.717, 1.165) is 19.4 Å². The first kappa shape index (κ1) is 11.4. The van der Waals surface area contributed by atoms with Crippen LogP contribution in [0.25, 0.3) is 0 Å². The molecule has 0 amide bonds. The highest BCUT2D eigenvalue weighted by Crippen LogP contribution is 2.45. The van der Waals surface area contributed by atoms with Crippen LogP contribution in [0.2, 0.25) is 0 Å². The first-order chi connectivity index (χ1) is 8.04. The van der Waals surface area contributed by atoms with Crippen molar-refractivity contribution in [2.24, 2.45) is 5.41 Å². The summed E-state index contributed by atoms with van der Waals surface area (Å²) in [5.74, 6) is 0. The minimum Gasteiger partial charge on any atom is -0.379 e. The van der Waals surface area contributed by atoms with E-state index in [1.54, 1.807) is 12.1 Å². The molecule has 1 saturated carbocycles. The van der Waals surface area contributed by atoms with Gasteiger partial charge in [-0.1, -0.05) is 6.92 Å². The van der Waals surface area contributed by atoms with Crippen molar-refractivity contribution in [1.29, 1.82) is 5.26 Å². The van der Waals surface area contributed by atoms with Gasteiger partial charge in [-0.3, -0.25) is 10.1 Å². The topological polar surface area (TPSA) is 79.0 Å². The van der Waals surface area contributed by atoms with E-state index in [0.29, 0.717) is 11.3 Å². The molecule has 0 radical (unpaired) electrons. The van der Waals surface area contributed by atoms with Crippen molar-refractivity contribution in [3.63, 3.8) is 0 Å². The molecule has 0 spiro atoms. The highest BCUT2D eigenvalue weighted by atomic mass is 16.6. The second-order valence-corrected chi connectivity index (χ2v) is 4.77. The molecule has 0 heterocycles. The third-order valence-electron chi connectivity index (χ3n) is 3.13. The Labute approximate surface area is 99.2 Å². The number of anilines is 1. The molecule has 0 bridgehead atoms. The lowest BCUT2D eigenvalue weighted by Gasteiger charge is -2.11. The predicted octanol–water partition coefficient (Wildman–Crippen LogP) is 2.68. The van der Waals surface area contributed by atoms with Gasteiger partial charge in [-0.25, -0.2) is 0 Å². The zero-order valence-corrected chi connectivity index (χ0v) is 9.56. The molecule has 1 aliphatic carbocycles. The minimum absolute atomic E-state index is 0.0340. The second kappa shape index (κ2) is 4.06. The molecule has 0 aliphatic heterocycles. The SMILES string of the molecule is CC1(CNc2ccc(C#N)cc2[N+](=O)[O-])CC1. The molecule has 5 nitrogen and oxygen atoms in total. The molecule has 1 N–H and O–H groups in total. The maximum absolute atomic E-state index is 10.9. The van der Waals surface area contributed by atoms with Crippen LogP contribution in [0.5, 0.6) is 0 Å². The van der Waals surface area contributed by atoms with Crippen molar-refractivity contribution in [3.8, 4) is 6.07 Å². The summed E-state index contributed by atoms with van der Waals surface area (Å²) < 4.78 is 0. The van der Waals surface area contributed by atoms with Crippen molar-refractivity contribution >= 4 is 11.4 Å². The van der Waals surface area contributed by atoms with E-state index < -0.39 is 4.92 Å². The van der Waals surface area contributed by atoms with Crippen molar-refractivity contribution in [2.45, 2.75) is 19.8 Å². The second-order valence-electron chi connectivity index (χ2n) is 4.77. The van der Waals surface area contributed by atoms with Crippen molar-refractivity contribution in [1.82, 2.24) is 0 Å². The molecular weight excluding hydrogens is 218 g/mol. The van der Waals surface area contributed by atoms with Gasteiger partial charge in [0.1, 0.15) is 5.69 Å². The third kappa shape index (κ3) is 2.53. The van der Waals surface area contributed by atoms with Crippen LogP contribution in [0.3, 0.4) is 0 Å². The fourth-order valence-electron chi connectivity index (χ4n) is 1.60. The summed E-state index contributed by atoms with van der Waals surface area (Å²) in [7, 11) is 0. The Morgan fingerprint density at radius 2 is 2.29 bits per heavy atom. The van der Waals surface area contributed by atoms with Crippen LogP contribution < -0.4 is 5.32 Å². The first-order valence-electron chi connectivity index (χ1n) is 5.46. The smallest absolute Gasteiger partial charge is 0.293 e. The standard InChI is InChI=1S/C12H13N3O2/c1-12(4-5-12)8-14-10-3-2-9(7-13)6-11(10)15(16)17/h2-3,6,14H,4-5,8H2,1H3. The van der Waals surface area contributed by atoms with Crippen LogP contribution in [0.4, 0.5) is 11.4 Å². The van der Waals surface area contributed by atoms with Gasteiger partial charge in [-0.05, 0) is 30.4 Å². The highest BCUT2D eigenvalue weighted by Gasteiger charge is 2.37.